The second-order valence-electron chi connectivity index (χ2n) is 11.7. The lowest BCUT2D eigenvalue weighted by Gasteiger charge is -2.56. The summed E-state index contributed by atoms with van der Waals surface area (Å²) >= 11 is 0. The van der Waals surface area contributed by atoms with Crippen LogP contribution < -0.4 is 0 Å². The van der Waals surface area contributed by atoms with E-state index in [1.165, 1.54) is 44.1 Å². The summed E-state index contributed by atoms with van der Waals surface area (Å²) in [7, 11) is 1.68. The molecule has 2 N–H and O–H groups in total. The summed E-state index contributed by atoms with van der Waals surface area (Å²) in [6.07, 6.45) is 10.0. The number of hydrogen-bond acceptors (Lipinski definition) is 3. The molecule has 9 atom stereocenters. The number of aliphatic hydroxyl groups excluding tert-OH is 1. The molecule has 0 unspecified atom stereocenters. The first-order chi connectivity index (χ1) is 14.3. The van der Waals surface area contributed by atoms with Gasteiger partial charge in [0.2, 0.25) is 0 Å². The average Bonchev–Trinajstić information content (AvgIpc) is 3.35. The third kappa shape index (κ3) is 1.92. The summed E-state index contributed by atoms with van der Waals surface area (Å²) < 4.78 is 5.77. The lowest BCUT2D eigenvalue weighted by atomic mass is 9.48. The molecule has 4 saturated carbocycles. The van der Waals surface area contributed by atoms with E-state index in [1.54, 1.807) is 13.2 Å². The Morgan fingerprint density at radius 1 is 1.07 bits per heavy atom. The molecule has 0 aliphatic heterocycles. The quantitative estimate of drug-likeness (QED) is 0.714. The van der Waals surface area contributed by atoms with E-state index in [2.05, 4.69) is 44.2 Å². The predicted molar refractivity (Wildman–Crippen MR) is 117 cm³/mol. The van der Waals surface area contributed by atoms with Crippen molar-refractivity contribution in [3.8, 4) is 0 Å². The fraction of sp³-hybridized carbons (Fsp3) is 0.704. The van der Waals surface area contributed by atoms with Crippen molar-refractivity contribution >= 4 is 0 Å². The number of fused-ring (bicyclic) bond motifs is 2. The highest BCUT2D eigenvalue weighted by Crippen LogP contribution is 2.86. The van der Waals surface area contributed by atoms with Crippen molar-refractivity contribution < 1.29 is 14.9 Å². The van der Waals surface area contributed by atoms with Gasteiger partial charge in [0.1, 0.15) is 11.7 Å². The summed E-state index contributed by atoms with van der Waals surface area (Å²) in [5.41, 5.74) is 0.579. The first kappa shape index (κ1) is 19.4. The summed E-state index contributed by atoms with van der Waals surface area (Å²) in [5.74, 6) is 1.95. The fourth-order valence-corrected chi connectivity index (χ4v) is 10.0. The number of benzene rings is 1. The Morgan fingerprint density at radius 2 is 1.80 bits per heavy atom. The van der Waals surface area contributed by atoms with Gasteiger partial charge in [-0.05, 0) is 85.2 Å². The highest BCUT2D eigenvalue weighted by atomic mass is 16.5. The molecule has 5 aliphatic carbocycles. The number of methoxy groups -OCH3 is 1. The van der Waals surface area contributed by atoms with Crippen molar-refractivity contribution in [2.24, 2.45) is 39.9 Å². The van der Waals surface area contributed by atoms with E-state index in [0.717, 1.165) is 12.3 Å². The number of aliphatic hydroxyl groups is 2. The lowest BCUT2D eigenvalue weighted by Crippen LogP contribution is -2.59. The summed E-state index contributed by atoms with van der Waals surface area (Å²) in [5, 5.41) is 23.2. The fourth-order valence-electron chi connectivity index (χ4n) is 10.0. The van der Waals surface area contributed by atoms with E-state index in [9.17, 15) is 10.2 Å². The van der Waals surface area contributed by atoms with Crippen molar-refractivity contribution in [2.75, 3.05) is 7.11 Å². The monoisotopic (exact) mass is 408 g/mol. The maximum absolute atomic E-state index is 12.2. The van der Waals surface area contributed by atoms with Gasteiger partial charge in [-0.2, -0.15) is 0 Å². The van der Waals surface area contributed by atoms with Crippen LogP contribution in [0.15, 0.2) is 42.2 Å². The lowest BCUT2D eigenvalue weighted by molar-refractivity contribution is -0.181. The van der Waals surface area contributed by atoms with Gasteiger partial charge in [-0.15, -0.1) is 0 Å². The molecule has 3 nitrogen and oxygen atoms in total. The standard InChI is InChI=1S/C27H36O3/c1-24-16-19-10-12-26(11-9-18(15-26)13-17-7-5-4-6-8-17)25(24,2)22(19)23-20(28)14-21(30-3)27(23,24)29/h4-8,14,18-19,21-23,28-29H,9-13,15-16H2,1-3H3/t18-,19+,21-,22+,23+,24+,25+,26-,27-/m1/s1. The van der Waals surface area contributed by atoms with Gasteiger partial charge in [0.15, 0.2) is 0 Å². The zero-order valence-corrected chi connectivity index (χ0v) is 18.6. The van der Waals surface area contributed by atoms with Gasteiger partial charge >= 0.3 is 0 Å². The van der Waals surface area contributed by atoms with Crippen molar-refractivity contribution in [3.05, 3.63) is 47.7 Å². The predicted octanol–water partition coefficient (Wildman–Crippen LogP) is 5.29. The first-order valence-corrected chi connectivity index (χ1v) is 12.0. The zero-order chi connectivity index (χ0) is 20.9. The van der Waals surface area contributed by atoms with Crippen molar-refractivity contribution in [3.63, 3.8) is 0 Å². The van der Waals surface area contributed by atoms with Gasteiger partial charge in [-0.3, -0.25) is 0 Å². The molecule has 0 aromatic heterocycles. The molecule has 0 radical (unpaired) electrons. The maximum atomic E-state index is 12.2. The minimum Gasteiger partial charge on any atom is -0.512 e. The van der Waals surface area contributed by atoms with E-state index in [1.807, 2.05) is 0 Å². The van der Waals surface area contributed by atoms with Gasteiger partial charge < -0.3 is 14.9 Å². The summed E-state index contributed by atoms with van der Waals surface area (Å²) in [6.45, 7) is 4.84. The van der Waals surface area contributed by atoms with Crippen LogP contribution >= 0.6 is 0 Å². The van der Waals surface area contributed by atoms with Crippen LogP contribution in [0.4, 0.5) is 0 Å². The van der Waals surface area contributed by atoms with Gasteiger partial charge in [0, 0.05) is 12.5 Å². The van der Waals surface area contributed by atoms with E-state index >= 15 is 0 Å². The Balaban J connectivity index is 1.40. The molecule has 1 aromatic rings. The molecular formula is C27H36O3. The zero-order valence-electron chi connectivity index (χ0n) is 18.6. The first-order valence-electron chi connectivity index (χ1n) is 12.0. The number of rotatable bonds is 3. The normalized spacial score (nSPS) is 53.3. The maximum Gasteiger partial charge on any atom is 0.110 e. The third-order valence-electron chi connectivity index (χ3n) is 11.2. The minimum atomic E-state index is -0.976. The molecule has 0 amide bonds. The Kier molecular flexibility index (Phi) is 3.82. The molecule has 4 bridgehead atoms. The van der Waals surface area contributed by atoms with E-state index in [0.29, 0.717) is 17.6 Å². The molecule has 4 fully saturated rings. The van der Waals surface area contributed by atoms with Crippen LogP contribution in [0.1, 0.15) is 57.9 Å². The van der Waals surface area contributed by atoms with E-state index < -0.39 is 11.7 Å². The second-order valence-corrected chi connectivity index (χ2v) is 11.7. The smallest absolute Gasteiger partial charge is 0.110 e. The Hall–Kier alpha value is -1.32. The van der Waals surface area contributed by atoms with Crippen LogP contribution in [0.2, 0.25) is 0 Å². The van der Waals surface area contributed by atoms with Gasteiger partial charge in [-0.1, -0.05) is 44.2 Å². The summed E-state index contributed by atoms with van der Waals surface area (Å²) in [6, 6.07) is 10.9. The molecule has 162 valence electrons. The Morgan fingerprint density at radius 3 is 2.53 bits per heavy atom. The summed E-state index contributed by atoms with van der Waals surface area (Å²) in [4.78, 5) is 0. The van der Waals surface area contributed by atoms with Gasteiger partial charge in [-0.25, -0.2) is 0 Å². The van der Waals surface area contributed by atoms with Crippen LogP contribution in [0, 0.1) is 39.9 Å². The van der Waals surface area contributed by atoms with Crippen molar-refractivity contribution in [1.29, 1.82) is 0 Å². The largest absolute Gasteiger partial charge is 0.512 e. The molecule has 0 saturated heterocycles. The molecule has 3 heteroatoms. The third-order valence-corrected chi connectivity index (χ3v) is 11.2. The Bertz CT molecular complexity index is 895. The van der Waals surface area contributed by atoms with Gasteiger partial charge in [0.25, 0.3) is 0 Å². The molecule has 1 spiro atoms. The highest BCUT2D eigenvalue weighted by Gasteiger charge is 2.86. The SMILES string of the molecule is CO[C@@H]1C=C(O)[C@H]2[C@@H]3[C@H]4CC[C@@]5(CC[C@H](Cc6ccccc6)C5)[C@]3(C)[C@](C)(C4)[C@@]12O. The second kappa shape index (κ2) is 5.92. The molecule has 0 heterocycles. The van der Waals surface area contributed by atoms with E-state index in [-0.39, 0.29) is 22.2 Å². The average molecular weight is 409 g/mol. The van der Waals surface area contributed by atoms with Crippen molar-refractivity contribution in [1.82, 2.24) is 0 Å². The van der Waals surface area contributed by atoms with Crippen molar-refractivity contribution in [2.45, 2.75) is 70.5 Å². The van der Waals surface area contributed by atoms with E-state index in [4.69, 9.17) is 4.74 Å². The molecule has 1 aromatic carbocycles. The highest BCUT2D eigenvalue weighted by molar-refractivity contribution is 5.40. The Labute approximate surface area is 180 Å². The van der Waals surface area contributed by atoms with Crippen LogP contribution in [-0.2, 0) is 11.2 Å². The van der Waals surface area contributed by atoms with Crippen LogP contribution in [0.3, 0.4) is 0 Å². The number of hydrogen-bond donors (Lipinski definition) is 2. The van der Waals surface area contributed by atoms with Crippen LogP contribution in [0.25, 0.3) is 0 Å². The van der Waals surface area contributed by atoms with Crippen LogP contribution in [-0.4, -0.2) is 29.0 Å². The molecule has 5 aliphatic rings. The molecular weight excluding hydrogens is 372 g/mol. The van der Waals surface area contributed by atoms with Crippen LogP contribution in [0.5, 0.6) is 0 Å². The molecule has 6 rings (SSSR count). The van der Waals surface area contributed by atoms with Gasteiger partial charge in [0.05, 0.1) is 11.7 Å². The topological polar surface area (TPSA) is 49.7 Å². The minimum absolute atomic E-state index is 0.0484. The number of ether oxygens (including phenoxy) is 1. The molecule has 30 heavy (non-hydrogen) atoms.